The Hall–Kier alpha value is -0.900. The van der Waals surface area contributed by atoms with Crippen LogP contribution < -0.4 is 5.73 Å². The number of nitrogens with two attached hydrogens (primary N) is 1. The predicted molar refractivity (Wildman–Crippen MR) is 88.5 cm³/mol. The second-order valence-corrected chi connectivity index (χ2v) is 6.64. The fourth-order valence-corrected chi connectivity index (χ4v) is 2.94. The molecule has 2 atom stereocenters. The van der Waals surface area contributed by atoms with Crippen LogP contribution in [-0.4, -0.2) is 37.7 Å². The van der Waals surface area contributed by atoms with Gasteiger partial charge in [-0.05, 0) is 43.4 Å². The number of hydrogen-bond donors (Lipinski definition) is 1. The van der Waals surface area contributed by atoms with E-state index in [4.69, 9.17) is 10.5 Å². The lowest BCUT2D eigenvalue weighted by Gasteiger charge is -2.29. The smallest absolute Gasteiger partial charge is 0.0701 e. The molecule has 3 nitrogen and oxygen atoms in total. The van der Waals surface area contributed by atoms with Gasteiger partial charge in [-0.1, -0.05) is 38.1 Å². The van der Waals surface area contributed by atoms with Crippen molar-refractivity contribution in [3.8, 4) is 0 Å². The minimum atomic E-state index is 0.0693. The van der Waals surface area contributed by atoms with Crippen molar-refractivity contribution >= 4 is 0 Å². The van der Waals surface area contributed by atoms with Gasteiger partial charge in [0.15, 0.2) is 0 Å². The highest BCUT2D eigenvalue weighted by atomic mass is 16.5. The number of hydrogen-bond acceptors (Lipinski definition) is 3. The van der Waals surface area contributed by atoms with E-state index in [9.17, 15) is 0 Å². The highest BCUT2D eigenvalue weighted by Crippen LogP contribution is 2.19. The van der Waals surface area contributed by atoms with Crippen LogP contribution in [0.25, 0.3) is 0 Å². The highest BCUT2D eigenvalue weighted by Gasteiger charge is 2.17. The van der Waals surface area contributed by atoms with Crippen LogP contribution in [0.5, 0.6) is 0 Å². The summed E-state index contributed by atoms with van der Waals surface area (Å²) in [4.78, 5) is 2.30. The third kappa shape index (κ3) is 5.10. The Balaban J connectivity index is 1.83. The Morgan fingerprint density at radius 1 is 1.19 bits per heavy atom. The lowest BCUT2D eigenvalue weighted by molar-refractivity contribution is -0.00214. The summed E-state index contributed by atoms with van der Waals surface area (Å²) in [7, 11) is 2.14. The van der Waals surface area contributed by atoms with Crippen LogP contribution in [0.15, 0.2) is 24.3 Å². The summed E-state index contributed by atoms with van der Waals surface area (Å²) in [5.41, 5.74) is 8.93. The molecule has 1 heterocycles. The van der Waals surface area contributed by atoms with E-state index in [-0.39, 0.29) is 6.04 Å². The molecule has 2 rings (SSSR count). The molecular formula is C18H30N2O. The number of nitrogens with zero attached hydrogens (tertiary/aromatic N) is 1. The average Bonchev–Trinajstić information content (AvgIpc) is 2.48. The molecule has 1 aromatic carbocycles. The Morgan fingerprint density at radius 2 is 1.86 bits per heavy atom. The summed E-state index contributed by atoms with van der Waals surface area (Å²) in [5, 5.41) is 0. The van der Waals surface area contributed by atoms with Gasteiger partial charge in [-0.25, -0.2) is 0 Å². The van der Waals surface area contributed by atoms with Crippen molar-refractivity contribution in [3.63, 3.8) is 0 Å². The maximum Gasteiger partial charge on any atom is 0.0701 e. The zero-order valence-corrected chi connectivity index (χ0v) is 13.7. The predicted octanol–water partition coefficient (Wildman–Crippen LogP) is 3.31. The van der Waals surface area contributed by atoms with E-state index in [1.807, 2.05) is 0 Å². The lowest BCUT2D eigenvalue weighted by Crippen LogP contribution is -2.37. The van der Waals surface area contributed by atoms with E-state index in [1.54, 1.807) is 0 Å². The van der Waals surface area contributed by atoms with Crippen LogP contribution in [0.3, 0.4) is 0 Å². The number of ether oxygens (including phenoxy) is 1. The van der Waals surface area contributed by atoms with Crippen LogP contribution in [0, 0.1) is 0 Å². The van der Waals surface area contributed by atoms with E-state index >= 15 is 0 Å². The molecule has 0 aliphatic carbocycles. The monoisotopic (exact) mass is 290 g/mol. The van der Waals surface area contributed by atoms with Gasteiger partial charge in [0.1, 0.15) is 0 Å². The minimum Gasteiger partial charge on any atom is -0.377 e. The normalized spacial score (nSPS) is 21.0. The van der Waals surface area contributed by atoms with E-state index in [0.717, 1.165) is 19.7 Å². The molecular weight excluding hydrogens is 260 g/mol. The number of rotatable bonds is 6. The van der Waals surface area contributed by atoms with Gasteiger partial charge in [-0.15, -0.1) is 0 Å². The first kappa shape index (κ1) is 16.5. The maximum absolute atomic E-state index is 6.34. The quantitative estimate of drug-likeness (QED) is 0.873. The van der Waals surface area contributed by atoms with Gasteiger partial charge >= 0.3 is 0 Å². The zero-order chi connectivity index (χ0) is 15.2. The molecule has 0 amide bonds. The van der Waals surface area contributed by atoms with E-state index in [0.29, 0.717) is 12.0 Å². The first-order chi connectivity index (χ1) is 10.1. The van der Waals surface area contributed by atoms with Gasteiger partial charge in [0.25, 0.3) is 0 Å². The van der Waals surface area contributed by atoms with Crippen LogP contribution in [-0.2, 0) is 4.74 Å². The summed E-state index contributed by atoms with van der Waals surface area (Å²) in [6.07, 6.45) is 4.07. The van der Waals surface area contributed by atoms with Crippen molar-refractivity contribution in [2.75, 3.05) is 26.7 Å². The molecule has 0 bridgehead atoms. The van der Waals surface area contributed by atoms with Crippen molar-refractivity contribution in [1.82, 2.24) is 4.90 Å². The SMILES string of the molecule is CC(C)c1ccc(C(N)CN(C)CC2CCCCO2)cc1. The van der Waals surface area contributed by atoms with Crippen LogP contribution in [0.1, 0.15) is 56.2 Å². The highest BCUT2D eigenvalue weighted by molar-refractivity contribution is 5.26. The molecule has 1 aliphatic rings. The molecule has 0 spiro atoms. The standard InChI is InChI=1S/C18H30N2O/c1-14(2)15-7-9-16(10-8-15)18(19)13-20(3)12-17-6-4-5-11-21-17/h7-10,14,17-18H,4-6,11-13,19H2,1-3H3. The summed E-state index contributed by atoms with van der Waals surface area (Å²) in [6.45, 7) is 7.21. The summed E-state index contributed by atoms with van der Waals surface area (Å²) >= 11 is 0. The van der Waals surface area contributed by atoms with E-state index in [1.165, 1.54) is 30.4 Å². The number of likely N-dealkylation sites (N-methyl/N-ethyl adjacent to an activating group) is 1. The maximum atomic E-state index is 6.34. The molecule has 0 aromatic heterocycles. The molecule has 2 N–H and O–H groups in total. The fraction of sp³-hybridized carbons (Fsp3) is 0.667. The zero-order valence-electron chi connectivity index (χ0n) is 13.7. The largest absolute Gasteiger partial charge is 0.377 e. The first-order valence-electron chi connectivity index (χ1n) is 8.22. The van der Waals surface area contributed by atoms with Crippen molar-refractivity contribution in [1.29, 1.82) is 0 Å². The summed E-state index contributed by atoms with van der Waals surface area (Å²) in [6, 6.07) is 8.81. The number of benzene rings is 1. The molecule has 118 valence electrons. The Bertz CT molecular complexity index is 410. The Labute approximate surface area is 129 Å². The molecule has 1 fully saturated rings. The average molecular weight is 290 g/mol. The summed E-state index contributed by atoms with van der Waals surface area (Å²) < 4.78 is 5.80. The first-order valence-corrected chi connectivity index (χ1v) is 8.22. The topological polar surface area (TPSA) is 38.5 Å². The van der Waals surface area contributed by atoms with Gasteiger partial charge in [0.05, 0.1) is 6.10 Å². The third-order valence-electron chi connectivity index (χ3n) is 4.33. The van der Waals surface area contributed by atoms with Gasteiger partial charge in [0, 0.05) is 25.7 Å². The van der Waals surface area contributed by atoms with E-state index in [2.05, 4.69) is 50.1 Å². The van der Waals surface area contributed by atoms with Crippen molar-refractivity contribution in [2.24, 2.45) is 5.73 Å². The molecule has 0 saturated carbocycles. The van der Waals surface area contributed by atoms with Crippen LogP contribution in [0.2, 0.25) is 0 Å². The van der Waals surface area contributed by atoms with Crippen molar-refractivity contribution in [3.05, 3.63) is 35.4 Å². The van der Waals surface area contributed by atoms with Gasteiger partial charge in [-0.2, -0.15) is 0 Å². The molecule has 3 heteroatoms. The van der Waals surface area contributed by atoms with Crippen LogP contribution in [0.4, 0.5) is 0 Å². The van der Waals surface area contributed by atoms with Crippen molar-refractivity contribution < 1.29 is 4.74 Å². The summed E-state index contributed by atoms with van der Waals surface area (Å²) in [5.74, 6) is 0.571. The van der Waals surface area contributed by atoms with Crippen LogP contribution >= 0.6 is 0 Å². The Kier molecular flexibility index (Phi) is 6.22. The van der Waals surface area contributed by atoms with Gasteiger partial charge < -0.3 is 15.4 Å². The lowest BCUT2D eigenvalue weighted by atomic mass is 9.99. The van der Waals surface area contributed by atoms with Crippen molar-refractivity contribution in [2.45, 2.75) is 51.2 Å². The molecule has 1 aromatic rings. The molecule has 21 heavy (non-hydrogen) atoms. The van der Waals surface area contributed by atoms with Gasteiger partial charge in [-0.3, -0.25) is 0 Å². The minimum absolute atomic E-state index is 0.0693. The third-order valence-corrected chi connectivity index (χ3v) is 4.33. The second-order valence-electron chi connectivity index (χ2n) is 6.64. The fourth-order valence-electron chi connectivity index (χ4n) is 2.94. The molecule has 1 aliphatic heterocycles. The Morgan fingerprint density at radius 3 is 2.43 bits per heavy atom. The molecule has 1 saturated heterocycles. The van der Waals surface area contributed by atoms with Gasteiger partial charge in [0.2, 0.25) is 0 Å². The molecule has 0 radical (unpaired) electrons. The van der Waals surface area contributed by atoms with E-state index < -0.39 is 0 Å². The second kappa shape index (κ2) is 7.92. The molecule has 2 unspecified atom stereocenters.